The standard InChI is InChI=1S/C13H27N3O/c1-6-7-13(14)8-16(9-13)10(2)11(17)15-12(3,4)5/h10H,6-9,14H2,1-5H3,(H,15,17). The van der Waals surface area contributed by atoms with E-state index in [0.29, 0.717) is 0 Å². The van der Waals surface area contributed by atoms with Crippen molar-refractivity contribution in [3.05, 3.63) is 0 Å². The van der Waals surface area contributed by atoms with E-state index >= 15 is 0 Å². The molecule has 0 aromatic carbocycles. The van der Waals surface area contributed by atoms with Gasteiger partial charge in [-0.05, 0) is 34.1 Å². The molecule has 0 radical (unpaired) electrons. The predicted octanol–water partition coefficient (Wildman–Crippen LogP) is 1.10. The Hall–Kier alpha value is -0.610. The van der Waals surface area contributed by atoms with Crippen molar-refractivity contribution >= 4 is 5.91 Å². The van der Waals surface area contributed by atoms with E-state index in [9.17, 15) is 4.79 Å². The minimum absolute atomic E-state index is 0.0645. The van der Waals surface area contributed by atoms with Crippen molar-refractivity contribution < 1.29 is 4.79 Å². The van der Waals surface area contributed by atoms with Gasteiger partial charge in [0.25, 0.3) is 0 Å². The van der Waals surface area contributed by atoms with Gasteiger partial charge in [-0.1, -0.05) is 13.3 Å². The molecule has 0 bridgehead atoms. The molecule has 0 saturated carbocycles. The molecule has 1 atom stereocenters. The molecule has 4 heteroatoms. The van der Waals surface area contributed by atoms with Crippen molar-refractivity contribution in [2.45, 2.75) is 64.6 Å². The molecule has 17 heavy (non-hydrogen) atoms. The van der Waals surface area contributed by atoms with Gasteiger partial charge in [-0.25, -0.2) is 0 Å². The summed E-state index contributed by atoms with van der Waals surface area (Å²) in [5, 5.41) is 3.01. The highest BCUT2D eigenvalue weighted by Gasteiger charge is 2.42. The summed E-state index contributed by atoms with van der Waals surface area (Å²) in [7, 11) is 0. The Morgan fingerprint density at radius 2 is 2.00 bits per heavy atom. The van der Waals surface area contributed by atoms with E-state index in [0.717, 1.165) is 25.9 Å². The maximum Gasteiger partial charge on any atom is 0.237 e. The summed E-state index contributed by atoms with van der Waals surface area (Å²) >= 11 is 0. The number of carbonyl (C=O) groups is 1. The van der Waals surface area contributed by atoms with E-state index < -0.39 is 0 Å². The number of carbonyl (C=O) groups excluding carboxylic acids is 1. The zero-order chi connectivity index (χ0) is 13.3. The molecular formula is C13H27N3O. The number of hydrogen-bond donors (Lipinski definition) is 2. The molecule has 1 rings (SSSR count). The summed E-state index contributed by atoms with van der Waals surface area (Å²) in [6, 6.07) is -0.0808. The highest BCUT2D eigenvalue weighted by molar-refractivity contribution is 5.82. The fraction of sp³-hybridized carbons (Fsp3) is 0.923. The number of nitrogens with one attached hydrogen (secondary N) is 1. The second kappa shape index (κ2) is 4.94. The smallest absolute Gasteiger partial charge is 0.237 e. The van der Waals surface area contributed by atoms with E-state index in [4.69, 9.17) is 5.73 Å². The molecule has 1 fully saturated rings. The largest absolute Gasteiger partial charge is 0.350 e. The topological polar surface area (TPSA) is 58.4 Å². The monoisotopic (exact) mass is 241 g/mol. The highest BCUT2D eigenvalue weighted by Crippen LogP contribution is 2.25. The quantitative estimate of drug-likeness (QED) is 0.775. The molecule has 0 aromatic rings. The average molecular weight is 241 g/mol. The molecule has 4 nitrogen and oxygen atoms in total. The molecule has 0 aromatic heterocycles. The van der Waals surface area contributed by atoms with Crippen LogP contribution in [0.15, 0.2) is 0 Å². The van der Waals surface area contributed by atoms with Crippen molar-refractivity contribution in [1.29, 1.82) is 0 Å². The van der Waals surface area contributed by atoms with E-state index in [2.05, 4.69) is 17.1 Å². The number of hydrogen-bond acceptors (Lipinski definition) is 3. The summed E-state index contributed by atoms with van der Waals surface area (Å²) < 4.78 is 0. The third-order valence-electron chi connectivity index (χ3n) is 3.21. The molecule has 0 spiro atoms. The first kappa shape index (κ1) is 14.5. The number of nitrogens with zero attached hydrogens (tertiary/aromatic N) is 1. The minimum atomic E-state index is -0.167. The van der Waals surface area contributed by atoms with Crippen LogP contribution in [0.1, 0.15) is 47.5 Å². The molecule has 1 aliphatic rings. The summed E-state index contributed by atoms with van der Waals surface area (Å²) in [5.74, 6) is 0.0936. The first-order chi connectivity index (χ1) is 7.67. The minimum Gasteiger partial charge on any atom is -0.350 e. The molecule has 1 aliphatic heterocycles. The van der Waals surface area contributed by atoms with Gasteiger partial charge in [-0.2, -0.15) is 0 Å². The van der Waals surface area contributed by atoms with E-state index in [-0.39, 0.29) is 23.0 Å². The van der Waals surface area contributed by atoms with Crippen LogP contribution in [-0.4, -0.2) is 41.0 Å². The Morgan fingerprint density at radius 1 is 1.47 bits per heavy atom. The second-order valence-electron chi connectivity index (χ2n) is 6.43. The summed E-state index contributed by atoms with van der Waals surface area (Å²) in [5.41, 5.74) is 5.96. The van der Waals surface area contributed by atoms with Crippen molar-refractivity contribution in [3.8, 4) is 0 Å². The number of likely N-dealkylation sites (tertiary alicyclic amines) is 1. The van der Waals surface area contributed by atoms with Crippen LogP contribution >= 0.6 is 0 Å². The molecule has 1 unspecified atom stereocenters. The van der Waals surface area contributed by atoms with Crippen LogP contribution in [0.5, 0.6) is 0 Å². The molecule has 0 aliphatic carbocycles. The van der Waals surface area contributed by atoms with Gasteiger partial charge in [0, 0.05) is 24.2 Å². The number of rotatable bonds is 4. The van der Waals surface area contributed by atoms with Gasteiger partial charge in [0.15, 0.2) is 0 Å². The summed E-state index contributed by atoms with van der Waals surface area (Å²) in [6.07, 6.45) is 2.14. The zero-order valence-corrected chi connectivity index (χ0v) is 11.8. The van der Waals surface area contributed by atoms with Crippen LogP contribution in [0, 0.1) is 0 Å². The lowest BCUT2D eigenvalue weighted by molar-refractivity contribution is -0.130. The molecule has 1 heterocycles. The lowest BCUT2D eigenvalue weighted by atomic mass is 9.85. The Kier molecular flexibility index (Phi) is 4.20. The Morgan fingerprint density at radius 3 is 2.41 bits per heavy atom. The van der Waals surface area contributed by atoms with Gasteiger partial charge in [-0.15, -0.1) is 0 Å². The molecule has 3 N–H and O–H groups in total. The number of nitrogens with two attached hydrogens (primary N) is 1. The third-order valence-corrected chi connectivity index (χ3v) is 3.21. The van der Waals surface area contributed by atoms with E-state index in [1.54, 1.807) is 0 Å². The maximum absolute atomic E-state index is 12.0. The predicted molar refractivity (Wildman–Crippen MR) is 70.8 cm³/mol. The normalized spacial score (nSPS) is 21.8. The van der Waals surface area contributed by atoms with Crippen molar-refractivity contribution in [1.82, 2.24) is 10.2 Å². The summed E-state index contributed by atoms with van der Waals surface area (Å²) in [6.45, 7) is 11.8. The third kappa shape index (κ3) is 3.96. The highest BCUT2D eigenvalue weighted by atomic mass is 16.2. The van der Waals surface area contributed by atoms with Crippen LogP contribution in [0.25, 0.3) is 0 Å². The lowest BCUT2D eigenvalue weighted by Gasteiger charge is -2.50. The van der Waals surface area contributed by atoms with Crippen molar-refractivity contribution in [3.63, 3.8) is 0 Å². The Balaban J connectivity index is 2.41. The summed E-state index contributed by atoms with van der Waals surface area (Å²) in [4.78, 5) is 14.1. The first-order valence-corrected chi connectivity index (χ1v) is 6.52. The molecule has 100 valence electrons. The van der Waals surface area contributed by atoms with Crippen molar-refractivity contribution in [2.24, 2.45) is 5.73 Å². The number of amides is 1. The van der Waals surface area contributed by atoms with Gasteiger partial charge >= 0.3 is 0 Å². The molecular weight excluding hydrogens is 214 g/mol. The van der Waals surface area contributed by atoms with Gasteiger partial charge < -0.3 is 11.1 Å². The van der Waals surface area contributed by atoms with Crippen LogP contribution < -0.4 is 11.1 Å². The zero-order valence-electron chi connectivity index (χ0n) is 11.8. The second-order valence-corrected chi connectivity index (χ2v) is 6.43. The molecule has 1 saturated heterocycles. The average Bonchev–Trinajstić information content (AvgIpc) is 2.10. The fourth-order valence-electron chi connectivity index (χ4n) is 2.33. The van der Waals surface area contributed by atoms with E-state index in [1.807, 2.05) is 27.7 Å². The fourth-order valence-corrected chi connectivity index (χ4v) is 2.33. The SMILES string of the molecule is CCCC1(N)CN(C(C)C(=O)NC(C)(C)C)C1. The van der Waals surface area contributed by atoms with Gasteiger partial charge in [0.05, 0.1) is 6.04 Å². The van der Waals surface area contributed by atoms with Crippen LogP contribution in [-0.2, 0) is 4.79 Å². The Bertz CT molecular complexity index is 277. The van der Waals surface area contributed by atoms with Crippen LogP contribution in [0.4, 0.5) is 0 Å². The maximum atomic E-state index is 12.0. The van der Waals surface area contributed by atoms with Gasteiger partial charge in [-0.3, -0.25) is 9.69 Å². The van der Waals surface area contributed by atoms with Gasteiger partial charge in [0.1, 0.15) is 0 Å². The first-order valence-electron chi connectivity index (χ1n) is 6.52. The molecule has 1 amide bonds. The Labute approximate surface area is 105 Å². The van der Waals surface area contributed by atoms with Gasteiger partial charge in [0.2, 0.25) is 5.91 Å². The van der Waals surface area contributed by atoms with Crippen molar-refractivity contribution in [2.75, 3.05) is 13.1 Å². The van der Waals surface area contributed by atoms with E-state index in [1.165, 1.54) is 0 Å². The van der Waals surface area contributed by atoms with Crippen LogP contribution in [0.3, 0.4) is 0 Å². The lowest BCUT2D eigenvalue weighted by Crippen LogP contribution is -2.71. The van der Waals surface area contributed by atoms with Crippen LogP contribution in [0.2, 0.25) is 0 Å².